The number of alkyl halides is 1. The van der Waals surface area contributed by atoms with Crippen LogP contribution in [0.15, 0.2) is 18.2 Å². The molecule has 5 heteroatoms. The minimum atomic E-state index is -1.34. The van der Waals surface area contributed by atoms with Gasteiger partial charge in [0.1, 0.15) is 11.3 Å². The van der Waals surface area contributed by atoms with E-state index in [-0.39, 0.29) is 6.42 Å². The fraction of sp³-hybridized carbons (Fsp3) is 0.562. The molecule has 2 rings (SSSR count). The summed E-state index contributed by atoms with van der Waals surface area (Å²) in [5.41, 5.74) is 4.97. The molecule has 0 aromatic heterocycles. The Morgan fingerprint density at radius 3 is 2.57 bits per heavy atom. The second-order valence-corrected chi connectivity index (χ2v) is 7.07. The molecular weight excluding hydrogens is 293 g/mol. The summed E-state index contributed by atoms with van der Waals surface area (Å²) in [6.07, 6.45) is 0.931. The van der Waals surface area contributed by atoms with Crippen LogP contribution in [0.25, 0.3) is 0 Å². The Labute approximate surface area is 129 Å². The maximum Gasteiger partial charge on any atom is 0.307 e. The Hall–Kier alpha value is -1.29. The molecule has 0 bridgehead atoms. The first-order chi connectivity index (χ1) is 9.61. The van der Waals surface area contributed by atoms with Crippen LogP contribution in [0.1, 0.15) is 51.5 Å². The highest BCUT2D eigenvalue weighted by Crippen LogP contribution is 2.53. The molecule has 0 amide bonds. The van der Waals surface area contributed by atoms with E-state index in [0.29, 0.717) is 29.1 Å². The zero-order valence-electron chi connectivity index (χ0n) is 12.6. The number of rotatable bonds is 4. The fourth-order valence-corrected chi connectivity index (χ4v) is 2.51. The van der Waals surface area contributed by atoms with Gasteiger partial charge in [-0.15, -0.1) is 0 Å². The summed E-state index contributed by atoms with van der Waals surface area (Å²) in [4.78, 5) is 12.0. The monoisotopic (exact) mass is 313 g/mol. The Bertz CT molecular complexity index is 550. The molecule has 2 N–H and O–H groups in total. The molecule has 1 aromatic carbocycles. The molecule has 116 valence electrons. The Balaban J connectivity index is 2.20. The van der Waals surface area contributed by atoms with Gasteiger partial charge in [0.25, 0.3) is 0 Å². The van der Waals surface area contributed by atoms with Gasteiger partial charge in [-0.05, 0) is 51.3 Å². The van der Waals surface area contributed by atoms with E-state index in [1.807, 2.05) is 0 Å². The molecule has 1 aliphatic rings. The number of carbonyl (C=O) groups excluding carboxylic acids is 1. The van der Waals surface area contributed by atoms with Gasteiger partial charge < -0.3 is 10.5 Å². The largest absolute Gasteiger partial charge is 0.460 e. The van der Waals surface area contributed by atoms with Gasteiger partial charge in [0, 0.05) is 5.92 Å². The highest BCUT2D eigenvalue weighted by Gasteiger charge is 2.51. The highest BCUT2D eigenvalue weighted by atomic mass is 35.5. The molecular formula is C16H21ClFNO2. The number of hydrogen-bond donors (Lipinski definition) is 1. The first-order valence-electron chi connectivity index (χ1n) is 7.06. The van der Waals surface area contributed by atoms with E-state index in [1.54, 1.807) is 39.0 Å². The number of ether oxygens (including phenoxy) is 1. The van der Waals surface area contributed by atoms with Crippen LogP contribution in [-0.2, 0) is 9.53 Å². The van der Waals surface area contributed by atoms with Gasteiger partial charge in [0.15, 0.2) is 0 Å². The number of anilines is 1. The lowest BCUT2D eigenvalue weighted by atomic mass is 9.89. The molecule has 0 spiro atoms. The van der Waals surface area contributed by atoms with Crippen molar-refractivity contribution in [3.63, 3.8) is 0 Å². The Morgan fingerprint density at radius 1 is 1.48 bits per heavy atom. The quantitative estimate of drug-likeness (QED) is 0.668. The van der Waals surface area contributed by atoms with Crippen molar-refractivity contribution in [1.29, 1.82) is 0 Å². The first-order valence-corrected chi connectivity index (χ1v) is 7.44. The Kier molecular flexibility index (Phi) is 4.20. The van der Waals surface area contributed by atoms with Gasteiger partial charge >= 0.3 is 5.97 Å². The van der Waals surface area contributed by atoms with Crippen molar-refractivity contribution < 1.29 is 13.9 Å². The topological polar surface area (TPSA) is 52.3 Å². The first kappa shape index (κ1) is 16.1. The molecule has 0 radical (unpaired) electrons. The van der Waals surface area contributed by atoms with E-state index in [9.17, 15) is 9.18 Å². The Morgan fingerprint density at radius 2 is 2.10 bits per heavy atom. The summed E-state index contributed by atoms with van der Waals surface area (Å²) in [6, 6.07) is 5.02. The number of nitrogens with two attached hydrogens (primary N) is 1. The van der Waals surface area contributed by atoms with E-state index in [4.69, 9.17) is 22.1 Å². The van der Waals surface area contributed by atoms with Crippen LogP contribution < -0.4 is 5.73 Å². The normalized spacial score (nSPS) is 18.1. The number of nitrogen functional groups attached to an aromatic ring is 1. The summed E-state index contributed by atoms with van der Waals surface area (Å²) < 4.78 is 19.9. The standard InChI is InChI=1S/C16H21ClFNO2/c1-15(2,3)21-14(20)9-11(16(18)6-7-16)10-4-5-12(17)13(19)8-10/h4-5,8,11H,6-7,9,19H2,1-3H3. The lowest BCUT2D eigenvalue weighted by Crippen LogP contribution is -2.27. The molecule has 1 aliphatic carbocycles. The van der Waals surface area contributed by atoms with Crippen LogP contribution >= 0.6 is 11.6 Å². The molecule has 3 nitrogen and oxygen atoms in total. The highest BCUT2D eigenvalue weighted by molar-refractivity contribution is 6.33. The van der Waals surface area contributed by atoms with E-state index < -0.39 is 23.2 Å². The minimum absolute atomic E-state index is 0.00877. The molecule has 0 saturated heterocycles. The van der Waals surface area contributed by atoms with Gasteiger partial charge in [-0.3, -0.25) is 4.79 Å². The summed E-state index contributed by atoms with van der Waals surface area (Å²) in [5, 5.41) is 0.429. The number of benzene rings is 1. The molecule has 1 saturated carbocycles. The molecule has 0 aliphatic heterocycles. The van der Waals surface area contributed by atoms with Crippen molar-refractivity contribution in [2.45, 2.75) is 57.2 Å². The van der Waals surface area contributed by atoms with Gasteiger partial charge in [-0.2, -0.15) is 0 Å². The van der Waals surface area contributed by atoms with Gasteiger partial charge in [-0.1, -0.05) is 17.7 Å². The van der Waals surface area contributed by atoms with Crippen LogP contribution in [0.5, 0.6) is 0 Å². The molecule has 0 heterocycles. The summed E-state index contributed by atoms with van der Waals surface area (Å²) in [5.74, 6) is -0.933. The lowest BCUT2D eigenvalue weighted by Gasteiger charge is -2.24. The van der Waals surface area contributed by atoms with Crippen molar-refractivity contribution in [1.82, 2.24) is 0 Å². The molecule has 1 atom stereocenters. The molecule has 1 fully saturated rings. The summed E-state index contributed by atoms with van der Waals surface area (Å²) >= 11 is 5.90. The second-order valence-electron chi connectivity index (χ2n) is 6.66. The van der Waals surface area contributed by atoms with Crippen LogP contribution in [0.3, 0.4) is 0 Å². The van der Waals surface area contributed by atoms with Gasteiger partial charge in [-0.25, -0.2) is 4.39 Å². The maximum atomic E-state index is 14.6. The van der Waals surface area contributed by atoms with Crippen molar-refractivity contribution in [3.05, 3.63) is 28.8 Å². The van der Waals surface area contributed by atoms with Gasteiger partial charge in [0.2, 0.25) is 0 Å². The molecule has 1 unspecified atom stereocenters. The minimum Gasteiger partial charge on any atom is -0.460 e. The van der Waals surface area contributed by atoms with Crippen LogP contribution in [0.4, 0.5) is 10.1 Å². The zero-order valence-corrected chi connectivity index (χ0v) is 13.3. The number of esters is 1. The number of halogens is 2. The van der Waals surface area contributed by atoms with Crippen molar-refractivity contribution in [3.8, 4) is 0 Å². The lowest BCUT2D eigenvalue weighted by molar-refractivity contribution is -0.155. The van der Waals surface area contributed by atoms with Crippen LogP contribution in [-0.4, -0.2) is 17.2 Å². The number of hydrogen-bond acceptors (Lipinski definition) is 3. The average Bonchev–Trinajstić information content (AvgIpc) is 3.07. The third-order valence-electron chi connectivity index (χ3n) is 3.57. The van der Waals surface area contributed by atoms with E-state index >= 15 is 0 Å². The predicted molar refractivity (Wildman–Crippen MR) is 82.1 cm³/mol. The zero-order chi connectivity index (χ0) is 15.8. The van der Waals surface area contributed by atoms with E-state index in [2.05, 4.69) is 0 Å². The fourth-order valence-electron chi connectivity index (χ4n) is 2.40. The van der Waals surface area contributed by atoms with Crippen molar-refractivity contribution >= 4 is 23.3 Å². The SMILES string of the molecule is CC(C)(C)OC(=O)CC(c1ccc(Cl)c(N)c1)C1(F)CC1. The van der Waals surface area contributed by atoms with E-state index in [0.717, 1.165) is 0 Å². The molecule has 1 aromatic rings. The van der Waals surface area contributed by atoms with Crippen molar-refractivity contribution in [2.75, 3.05) is 5.73 Å². The van der Waals surface area contributed by atoms with E-state index in [1.165, 1.54) is 0 Å². The predicted octanol–water partition coefficient (Wildman–Crippen LogP) is 4.24. The number of carbonyl (C=O) groups is 1. The third-order valence-corrected chi connectivity index (χ3v) is 3.91. The summed E-state index contributed by atoms with van der Waals surface area (Å²) in [6.45, 7) is 5.38. The van der Waals surface area contributed by atoms with Gasteiger partial charge in [0.05, 0.1) is 17.1 Å². The van der Waals surface area contributed by atoms with Crippen molar-refractivity contribution in [2.24, 2.45) is 0 Å². The summed E-state index contributed by atoms with van der Waals surface area (Å²) in [7, 11) is 0. The maximum absolute atomic E-state index is 14.6. The van der Waals surface area contributed by atoms with Crippen LogP contribution in [0.2, 0.25) is 5.02 Å². The average molecular weight is 314 g/mol. The van der Waals surface area contributed by atoms with Crippen LogP contribution in [0, 0.1) is 0 Å². The smallest absolute Gasteiger partial charge is 0.307 e. The third kappa shape index (κ3) is 4.10. The molecule has 21 heavy (non-hydrogen) atoms. The second kappa shape index (κ2) is 5.48.